The minimum absolute atomic E-state index is 0.0643. The van der Waals surface area contributed by atoms with Crippen LogP contribution in [0, 0.1) is 0 Å². The third-order valence-electron chi connectivity index (χ3n) is 4.02. The predicted octanol–water partition coefficient (Wildman–Crippen LogP) is 2.54. The van der Waals surface area contributed by atoms with Crippen LogP contribution in [0.15, 0.2) is 18.2 Å². The average molecular weight is 306 g/mol. The number of fused-ring (bicyclic) bond motifs is 1. The quantitative estimate of drug-likeness (QED) is 0.841. The van der Waals surface area contributed by atoms with E-state index in [9.17, 15) is 4.79 Å². The molecule has 1 heterocycles. The van der Waals surface area contributed by atoms with Crippen molar-refractivity contribution < 1.29 is 14.3 Å². The lowest BCUT2D eigenvalue weighted by molar-refractivity contribution is -0.124. The Bertz CT molecular complexity index is 529. The molecule has 0 aliphatic carbocycles. The maximum absolute atomic E-state index is 12.2. The summed E-state index contributed by atoms with van der Waals surface area (Å²) in [5.41, 5.74) is 0.962. The molecule has 2 rings (SSSR count). The normalized spacial score (nSPS) is 13.5. The Balaban J connectivity index is 1.93. The lowest BCUT2D eigenvalue weighted by atomic mass is 10.0. The molecule has 1 aromatic rings. The SMILES string of the molecule is CCN(CC(=O)NC(C)(C)CC)Cc1ccc2c(c1)OCO2. The second kappa shape index (κ2) is 7.01. The zero-order valence-corrected chi connectivity index (χ0v) is 13.9. The van der Waals surface area contributed by atoms with E-state index in [1.807, 2.05) is 32.0 Å². The number of amides is 1. The van der Waals surface area contributed by atoms with Gasteiger partial charge in [-0.05, 0) is 44.5 Å². The first-order chi connectivity index (χ1) is 10.4. The van der Waals surface area contributed by atoms with Gasteiger partial charge in [-0.25, -0.2) is 0 Å². The van der Waals surface area contributed by atoms with Crippen LogP contribution < -0.4 is 14.8 Å². The van der Waals surface area contributed by atoms with Crippen molar-refractivity contribution in [2.45, 2.75) is 46.2 Å². The lowest BCUT2D eigenvalue weighted by Gasteiger charge is -2.27. The van der Waals surface area contributed by atoms with E-state index >= 15 is 0 Å². The molecule has 0 saturated heterocycles. The summed E-state index contributed by atoms with van der Waals surface area (Å²) in [6.45, 7) is 10.4. The number of carbonyl (C=O) groups is 1. The number of hydrogen-bond donors (Lipinski definition) is 1. The second-order valence-electron chi connectivity index (χ2n) is 6.28. The molecule has 0 saturated carbocycles. The number of carbonyl (C=O) groups excluding carboxylic acids is 1. The summed E-state index contributed by atoms with van der Waals surface area (Å²) in [6, 6.07) is 5.93. The van der Waals surface area contributed by atoms with Gasteiger partial charge in [0.2, 0.25) is 12.7 Å². The summed E-state index contributed by atoms with van der Waals surface area (Å²) in [5.74, 6) is 1.63. The number of likely N-dealkylation sites (N-methyl/N-ethyl adjacent to an activating group) is 1. The third-order valence-corrected chi connectivity index (χ3v) is 4.02. The fraction of sp³-hybridized carbons (Fsp3) is 0.588. The number of hydrogen-bond acceptors (Lipinski definition) is 4. The highest BCUT2D eigenvalue weighted by atomic mass is 16.7. The van der Waals surface area contributed by atoms with Crippen LogP contribution in [0.3, 0.4) is 0 Å². The number of rotatable bonds is 7. The number of benzene rings is 1. The van der Waals surface area contributed by atoms with Gasteiger partial charge in [0, 0.05) is 12.1 Å². The second-order valence-corrected chi connectivity index (χ2v) is 6.28. The average Bonchev–Trinajstić information content (AvgIpc) is 2.93. The molecule has 1 aliphatic heterocycles. The van der Waals surface area contributed by atoms with Crippen LogP contribution in [0.2, 0.25) is 0 Å². The van der Waals surface area contributed by atoms with Gasteiger partial charge in [0.05, 0.1) is 6.54 Å². The van der Waals surface area contributed by atoms with Gasteiger partial charge in [0.1, 0.15) is 0 Å². The predicted molar refractivity (Wildman–Crippen MR) is 86.0 cm³/mol. The highest BCUT2D eigenvalue weighted by Crippen LogP contribution is 2.32. The maximum Gasteiger partial charge on any atom is 0.234 e. The van der Waals surface area contributed by atoms with Gasteiger partial charge in [-0.15, -0.1) is 0 Å². The molecule has 1 aliphatic rings. The smallest absolute Gasteiger partial charge is 0.234 e. The van der Waals surface area contributed by atoms with E-state index in [-0.39, 0.29) is 18.2 Å². The van der Waals surface area contributed by atoms with Crippen LogP contribution in [0.1, 0.15) is 39.7 Å². The molecule has 5 nitrogen and oxygen atoms in total. The Morgan fingerprint density at radius 2 is 2.00 bits per heavy atom. The highest BCUT2D eigenvalue weighted by Gasteiger charge is 2.20. The standard InChI is InChI=1S/C17H26N2O3/c1-5-17(3,4)18-16(20)11-19(6-2)10-13-7-8-14-15(9-13)22-12-21-14/h7-9H,5-6,10-12H2,1-4H3,(H,18,20). The number of nitrogens with zero attached hydrogens (tertiary/aromatic N) is 1. The summed E-state index contributed by atoms with van der Waals surface area (Å²) in [5, 5.41) is 3.07. The van der Waals surface area contributed by atoms with Crippen molar-refractivity contribution in [1.29, 1.82) is 0 Å². The van der Waals surface area contributed by atoms with Crippen molar-refractivity contribution in [3.63, 3.8) is 0 Å². The maximum atomic E-state index is 12.2. The number of ether oxygens (including phenoxy) is 2. The van der Waals surface area contributed by atoms with E-state index in [0.29, 0.717) is 13.1 Å². The number of nitrogens with one attached hydrogen (secondary N) is 1. The van der Waals surface area contributed by atoms with Crippen molar-refractivity contribution >= 4 is 5.91 Å². The van der Waals surface area contributed by atoms with Crippen molar-refractivity contribution in [2.24, 2.45) is 0 Å². The summed E-state index contributed by atoms with van der Waals surface area (Å²) in [4.78, 5) is 14.3. The molecule has 1 N–H and O–H groups in total. The lowest BCUT2D eigenvalue weighted by Crippen LogP contribution is -2.47. The van der Waals surface area contributed by atoms with E-state index in [4.69, 9.17) is 9.47 Å². The molecule has 0 atom stereocenters. The van der Waals surface area contributed by atoms with Gasteiger partial charge >= 0.3 is 0 Å². The molecule has 0 bridgehead atoms. The van der Waals surface area contributed by atoms with Crippen molar-refractivity contribution in [2.75, 3.05) is 19.9 Å². The molecule has 122 valence electrons. The molecule has 1 amide bonds. The first-order valence-electron chi connectivity index (χ1n) is 7.85. The van der Waals surface area contributed by atoms with Crippen molar-refractivity contribution in [3.05, 3.63) is 23.8 Å². The van der Waals surface area contributed by atoms with E-state index in [0.717, 1.165) is 30.0 Å². The van der Waals surface area contributed by atoms with Crippen LogP contribution in [0.25, 0.3) is 0 Å². The molecule has 0 aromatic heterocycles. The minimum atomic E-state index is -0.157. The molecule has 0 unspecified atom stereocenters. The van der Waals surface area contributed by atoms with Gasteiger partial charge in [0.25, 0.3) is 0 Å². The van der Waals surface area contributed by atoms with Crippen molar-refractivity contribution in [1.82, 2.24) is 10.2 Å². The zero-order valence-electron chi connectivity index (χ0n) is 13.9. The Morgan fingerprint density at radius 1 is 1.27 bits per heavy atom. The van der Waals surface area contributed by atoms with Gasteiger partial charge < -0.3 is 14.8 Å². The largest absolute Gasteiger partial charge is 0.454 e. The molecular formula is C17H26N2O3. The Morgan fingerprint density at radius 3 is 2.68 bits per heavy atom. The Kier molecular flexibility index (Phi) is 5.29. The third kappa shape index (κ3) is 4.37. The first-order valence-corrected chi connectivity index (χ1v) is 7.85. The monoisotopic (exact) mass is 306 g/mol. The van der Waals surface area contributed by atoms with Crippen LogP contribution in [-0.2, 0) is 11.3 Å². The van der Waals surface area contributed by atoms with Gasteiger partial charge in [0.15, 0.2) is 11.5 Å². The summed E-state index contributed by atoms with van der Waals surface area (Å²) < 4.78 is 10.7. The molecule has 1 aromatic carbocycles. The van der Waals surface area contributed by atoms with Crippen molar-refractivity contribution in [3.8, 4) is 11.5 Å². The topological polar surface area (TPSA) is 50.8 Å². The Hall–Kier alpha value is -1.75. The van der Waals surface area contributed by atoms with Crippen LogP contribution >= 0.6 is 0 Å². The molecule has 0 fully saturated rings. The summed E-state index contributed by atoms with van der Waals surface area (Å²) in [6.07, 6.45) is 0.910. The van der Waals surface area contributed by atoms with Crippen LogP contribution in [0.4, 0.5) is 0 Å². The first kappa shape index (κ1) is 16.6. The highest BCUT2D eigenvalue weighted by molar-refractivity contribution is 5.78. The van der Waals surface area contributed by atoms with Gasteiger partial charge in [-0.2, -0.15) is 0 Å². The van der Waals surface area contributed by atoms with E-state index in [1.165, 1.54) is 0 Å². The summed E-state index contributed by atoms with van der Waals surface area (Å²) >= 11 is 0. The molecular weight excluding hydrogens is 280 g/mol. The van der Waals surface area contributed by atoms with E-state index in [1.54, 1.807) is 0 Å². The molecule has 0 spiro atoms. The van der Waals surface area contributed by atoms with Gasteiger partial charge in [-0.1, -0.05) is 19.9 Å². The zero-order chi connectivity index (χ0) is 16.2. The Labute approximate surface area is 132 Å². The summed E-state index contributed by atoms with van der Waals surface area (Å²) in [7, 11) is 0. The van der Waals surface area contributed by atoms with Crippen LogP contribution in [-0.4, -0.2) is 36.2 Å². The van der Waals surface area contributed by atoms with E-state index < -0.39 is 0 Å². The van der Waals surface area contributed by atoms with Gasteiger partial charge in [-0.3, -0.25) is 9.69 Å². The fourth-order valence-corrected chi connectivity index (χ4v) is 2.29. The van der Waals surface area contributed by atoms with Crippen LogP contribution in [0.5, 0.6) is 11.5 Å². The fourth-order valence-electron chi connectivity index (χ4n) is 2.29. The minimum Gasteiger partial charge on any atom is -0.454 e. The molecule has 0 radical (unpaired) electrons. The molecule has 5 heteroatoms. The molecule has 22 heavy (non-hydrogen) atoms. The van der Waals surface area contributed by atoms with E-state index in [2.05, 4.69) is 24.1 Å².